The molecule has 0 saturated heterocycles. The molecule has 1 aromatic rings. The van der Waals surface area contributed by atoms with Crippen molar-refractivity contribution in [2.75, 3.05) is 5.75 Å². The van der Waals surface area contributed by atoms with Crippen LogP contribution in [-0.4, -0.2) is 15.9 Å². The Bertz CT molecular complexity index is 327. The number of hydrogen-bond donors (Lipinski definition) is 1. The second kappa shape index (κ2) is 7.01. The van der Waals surface area contributed by atoms with Crippen LogP contribution in [0.4, 0.5) is 0 Å². The summed E-state index contributed by atoms with van der Waals surface area (Å²) in [5.74, 6) is 4.29. The third kappa shape index (κ3) is 4.68. The molecule has 0 aromatic carbocycles. The van der Waals surface area contributed by atoms with E-state index in [1.54, 1.807) is 0 Å². The largest absolute Gasteiger partial charge is 0.338 e. The summed E-state index contributed by atoms with van der Waals surface area (Å²) in [6.07, 6.45) is 1.01. The predicted molar refractivity (Wildman–Crippen MR) is 71.7 cm³/mol. The fourth-order valence-electron chi connectivity index (χ4n) is 1.34. The van der Waals surface area contributed by atoms with E-state index in [9.17, 15) is 0 Å². The first kappa shape index (κ1) is 14.5. The zero-order valence-corrected chi connectivity index (χ0v) is 12.0. The molecule has 17 heavy (non-hydrogen) atoms. The molecule has 5 heteroatoms. The van der Waals surface area contributed by atoms with Crippen molar-refractivity contribution in [3.63, 3.8) is 0 Å². The zero-order valence-electron chi connectivity index (χ0n) is 11.1. The van der Waals surface area contributed by atoms with Gasteiger partial charge in [-0.25, -0.2) is 0 Å². The highest BCUT2D eigenvalue weighted by Gasteiger charge is 2.19. The fraction of sp³-hybridized carbons (Fsp3) is 0.833. The zero-order chi connectivity index (χ0) is 12.8. The van der Waals surface area contributed by atoms with Gasteiger partial charge in [0.25, 0.3) is 0 Å². The van der Waals surface area contributed by atoms with Gasteiger partial charge in [0.05, 0.1) is 11.8 Å². The second-order valence-corrected chi connectivity index (χ2v) is 5.90. The number of thioether (sulfide) groups is 1. The summed E-state index contributed by atoms with van der Waals surface area (Å²) in [6.45, 7) is 8.61. The molecule has 98 valence electrons. The van der Waals surface area contributed by atoms with Gasteiger partial charge in [0.15, 0.2) is 5.82 Å². The highest BCUT2D eigenvalue weighted by atomic mass is 32.2. The molecule has 0 spiro atoms. The van der Waals surface area contributed by atoms with E-state index in [1.165, 1.54) is 0 Å². The molecular weight excluding hydrogens is 234 g/mol. The fourth-order valence-corrected chi connectivity index (χ4v) is 2.23. The lowest BCUT2D eigenvalue weighted by atomic mass is 10.0. The molecule has 1 aromatic heterocycles. The smallest absolute Gasteiger partial charge is 0.243 e. The number of hydrogen-bond acceptors (Lipinski definition) is 5. The van der Waals surface area contributed by atoms with Gasteiger partial charge in [-0.3, -0.25) is 0 Å². The maximum atomic E-state index is 6.04. The highest BCUT2D eigenvalue weighted by molar-refractivity contribution is 7.98. The monoisotopic (exact) mass is 257 g/mol. The van der Waals surface area contributed by atoms with Gasteiger partial charge in [-0.2, -0.15) is 16.7 Å². The molecule has 0 unspecified atom stereocenters. The van der Waals surface area contributed by atoms with E-state index in [1.807, 2.05) is 11.8 Å². The molecule has 1 rings (SSSR count). The van der Waals surface area contributed by atoms with Crippen LogP contribution in [0, 0.1) is 11.8 Å². The Morgan fingerprint density at radius 2 is 2.06 bits per heavy atom. The van der Waals surface area contributed by atoms with Gasteiger partial charge in [-0.05, 0) is 17.6 Å². The van der Waals surface area contributed by atoms with Crippen molar-refractivity contribution in [1.29, 1.82) is 0 Å². The lowest BCUT2D eigenvalue weighted by molar-refractivity contribution is 0.311. The number of nitrogens with zero attached hydrogens (tertiary/aromatic N) is 2. The lowest BCUT2D eigenvalue weighted by Crippen LogP contribution is -2.18. The van der Waals surface area contributed by atoms with Crippen LogP contribution in [0.5, 0.6) is 0 Å². The average molecular weight is 257 g/mol. The Morgan fingerprint density at radius 3 is 2.65 bits per heavy atom. The third-order valence-corrected chi connectivity index (χ3v) is 4.07. The van der Waals surface area contributed by atoms with Crippen LogP contribution in [-0.2, 0) is 5.75 Å². The summed E-state index contributed by atoms with van der Waals surface area (Å²) in [5, 5.41) is 3.96. The van der Waals surface area contributed by atoms with E-state index < -0.39 is 0 Å². The Morgan fingerprint density at radius 1 is 1.35 bits per heavy atom. The van der Waals surface area contributed by atoms with E-state index in [4.69, 9.17) is 10.3 Å². The van der Waals surface area contributed by atoms with Crippen molar-refractivity contribution < 1.29 is 4.52 Å². The van der Waals surface area contributed by atoms with Gasteiger partial charge in [0.1, 0.15) is 0 Å². The summed E-state index contributed by atoms with van der Waals surface area (Å²) < 4.78 is 5.21. The molecule has 1 heterocycles. The Kier molecular flexibility index (Phi) is 5.98. The second-order valence-electron chi connectivity index (χ2n) is 4.87. The Labute approximate surface area is 108 Å². The number of rotatable bonds is 7. The molecule has 0 aliphatic rings. The van der Waals surface area contributed by atoms with Gasteiger partial charge < -0.3 is 10.3 Å². The summed E-state index contributed by atoms with van der Waals surface area (Å²) in [4.78, 5) is 4.35. The van der Waals surface area contributed by atoms with Crippen molar-refractivity contribution in [1.82, 2.24) is 10.1 Å². The first-order chi connectivity index (χ1) is 8.04. The highest BCUT2D eigenvalue weighted by Crippen LogP contribution is 2.21. The van der Waals surface area contributed by atoms with Crippen molar-refractivity contribution in [3.8, 4) is 0 Å². The maximum Gasteiger partial charge on any atom is 0.243 e. The Balaban J connectivity index is 2.47. The van der Waals surface area contributed by atoms with Crippen LogP contribution in [0.25, 0.3) is 0 Å². The van der Waals surface area contributed by atoms with E-state index in [2.05, 4.69) is 37.8 Å². The molecule has 0 fully saturated rings. The molecule has 0 saturated carbocycles. The number of nitrogens with two attached hydrogens (primary N) is 1. The Hall–Kier alpha value is -0.550. The maximum absolute atomic E-state index is 6.04. The minimum absolute atomic E-state index is 0.142. The van der Waals surface area contributed by atoms with Gasteiger partial charge in [0.2, 0.25) is 5.89 Å². The summed E-state index contributed by atoms with van der Waals surface area (Å²) >= 11 is 1.83. The van der Waals surface area contributed by atoms with E-state index in [0.717, 1.165) is 23.8 Å². The lowest BCUT2D eigenvalue weighted by Gasteiger charge is -2.12. The molecule has 4 nitrogen and oxygen atoms in total. The van der Waals surface area contributed by atoms with Crippen LogP contribution in [0.1, 0.15) is 51.9 Å². The minimum atomic E-state index is -0.142. The summed E-state index contributed by atoms with van der Waals surface area (Å²) in [7, 11) is 0. The van der Waals surface area contributed by atoms with E-state index in [0.29, 0.717) is 17.7 Å². The van der Waals surface area contributed by atoms with Gasteiger partial charge in [-0.15, -0.1) is 0 Å². The van der Waals surface area contributed by atoms with Crippen LogP contribution < -0.4 is 5.73 Å². The predicted octanol–water partition coefficient (Wildman–Crippen LogP) is 3.00. The first-order valence-electron chi connectivity index (χ1n) is 6.20. The third-order valence-electron chi connectivity index (χ3n) is 2.71. The minimum Gasteiger partial charge on any atom is -0.338 e. The van der Waals surface area contributed by atoms with Gasteiger partial charge >= 0.3 is 0 Å². The average Bonchev–Trinajstić information content (AvgIpc) is 2.75. The van der Waals surface area contributed by atoms with Crippen molar-refractivity contribution in [3.05, 3.63) is 11.7 Å². The molecule has 0 radical (unpaired) electrons. The van der Waals surface area contributed by atoms with Crippen LogP contribution in [0.3, 0.4) is 0 Å². The molecule has 0 aliphatic heterocycles. The van der Waals surface area contributed by atoms with Crippen molar-refractivity contribution in [2.24, 2.45) is 17.6 Å². The van der Waals surface area contributed by atoms with E-state index in [-0.39, 0.29) is 6.04 Å². The molecule has 2 atom stereocenters. The number of aromatic nitrogens is 2. The van der Waals surface area contributed by atoms with Gasteiger partial charge in [-0.1, -0.05) is 39.3 Å². The molecule has 0 bridgehead atoms. The molecule has 0 amide bonds. The molecule has 0 aliphatic carbocycles. The first-order valence-corrected chi connectivity index (χ1v) is 7.35. The normalized spacial score (nSPS) is 15.2. The molecule has 2 N–H and O–H groups in total. The summed E-state index contributed by atoms with van der Waals surface area (Å²) in [6, 6.07) is -0.142. The van der Waals surface area contributed by atoms with Gasteiger partial charge in [0, 0.05) is 0 Å². The van der Waals surface area contributed by atoms with Crippen LogP contribution in [0.2, 0.25) is 0 Å². The van der Waals surface area contributed by atoms with Crippen LogP contribution >= 0.6 is 11.8 Å². The molecular formula is C12H23N3OS. The van der Waals surface area contributed by atoms with Crippen molar-refractivity contribution in [2.45, 2.75) is 45.9 Å². The van der Waals surface area contributed by atoms with E-state index >= 15 is 0 Å². The van der Waals surface area contributed by atoms with Crippen molar-refractivity contribution >= 4 is 11.8 Å². The standard InChI is InChI=1S/C12H23N3OS/c1-5-9(4)11(13)12-14-10(15-16-12)7-17-6-8(2)3/h8-9,11H,5-7,13H2,1-4H3/t9-,11-/m0/s1. The topological polar surface area (TPSA) is 64.9 Å². The SMILES string of the molecule is CC[C@H](C)[C@H](N)c1nc(CSCC(C)C)no1. The van der Waals surface area contributed by atoms with Crippen LogP contribution in [0.15, 0.2) is 4.52 Å². The quantitative estimate of drug-likeness (QED) is 0.813. The summed E-state index contributed by atoms with van der Waals surface area (Å²) in [5.41, 5.74) is 6.04.